The van der Waals surface area contributed by atoms with Gasteiger partial charge in [-0.1, -0.05) is 19.9 Å². The zero-order valence-electron chi connectivity index (χ0n) is 13.1. The fourth-order valence-electron chi connectivity index (χ4n) is 3.02. The molecule has 4 heteroatoms. The third kappa shape index (κ3) is 3.50. The molecule has 1 atom stereocenters. The van der Waals surface area contributed by atoms with Crippen molar-refractivity contribution in [3.8, 4) is 11.5 Å². The van der Waals surface area contributed by atoms with Gasteiger partial charge in [-0.3, -0.25) is 4.90 Å². The zero-order valence-corrected chi connectivity index (χ0v) is 13.1. The van der Waals surface area contributed by atoms with Crippen LogP contribution in [-0.4, -0.2) is 43.8 Å². The van der Waals surface area contributed by atoms with Gasteiger partial charge in [-0.2, -0.15) is 0 Å². The van der Waals surface area contributed by atoms with Gasteiger partial charge in [-0.25, -0.2) is 0 Å². The average Bonchev–Trinajstić information content (AvgIpc) is 3.36. The molecule has 4 nitrogen and oxygen atoms in total. The second-order valence-corrected chi connectivity index (χ2v) is 5.83. The molecule has 0 spiro atoms. The average molecular weight is 290 g/mol. The summed E-state index contributed by atoms with van der Waals surface area (Å²) in [6, 6.07) is 7.51. The van der Waals surface area contributed by atoms with Crippen molar-refractivity contribution in [2.45, 2.75) is 38.8 Å². The summed E-state index contributed by atoms with van der Waals surface area (Å²) in [5.41, 5.74) is 1.29. The van der Waals surface area contributed by atoms with Crippen molar-refractivity contribution in [1.82, 2.24) is 10.2 Å². The molecule has 1 heterocycles. The molecule has 0 radical (unpaired) electrons. The van der Waals surface area contributed by atoms with Gasteiger partial charge in [0.05, 0.1) is 0 Å². The molecule has 1 aliphatic carbocycles. The summed E-state index contributed by atoms with van der Waals surface area (Å²) in [5, 5.41) is 3.62. The Morgan fingerprint density at radius 2 is 1.95 bits per heavy atom. The molecule has 0 saturated heterocycles. The van der Waals surface area contributed by atoms with Crippen LogP contribution in [0.3, 0.4) is 0 Å². The summed E-state index contributed by atoms with van der Waals surface area (Å²) in [6.45, 7) is 8.87. The summed E-state index contributed by atoms with van der Waals surface area (Å²) in [4.78, 5) is 2.59. The van der Waals surface area contributed by atoms with Crippen molar-refractivity contribution in [2.24, 2.45) is 0 Å². The number of ether oxygens (including phenoxy) is 2. The van der Waals surface area contributed by atoms with Gasteiger partial charge in [0, 0.05) is 18.6 Å². The van der Waals surface area contributed by atoms with Crippen molar-refractivity contribution in [3.63, 3.8) is 0 Å². The molecule has 0 bridgehead atoms. The van der Waals surface area contributed by atoms with E-state index in [-0.39, 0.29) is 0 Å². The molecule has 1 aromatic rings. The van der Waals surface area contributed by atoms with Crippen LogP contribution in [0.25, 0.3) is 0 Å². The minimum Gasteiger partial charge on any atom is -0.486 e. The van der Waals surface area contributed by atoms with Gasteiger partial charge in [0.15, 0.2) is 11.5 Å². The second-order valence-electron chi connectivity index (χ2n) is 5.83. The Bertz CT molecular complexity index is 474. The number of nitrogens with one attached hydrogen (secondary N) is 1. The molecule has 1 N–H and O–H groups in total. The topological polar surface area (TPSA) is 33.7 Å². The van der Waals surface area contributed by atoms with Gasteiger partial charge >= 0.3 is 0 Å². The molecule has 0 amide bonds. The number of hydrogen-bond donors (Lipinski definition) is 1. The Labute approximate surface area is 127 Å². The molecule has 1 aromatic carbocycles. The summed E-state index contributed by atoms with van der Waals surface area (Å²) >= 11 is 0. The van der Waals surface area contributed by atoms with E-state index in [0.29, 0.717) is 19.3 Å². The highest BCUT2D eigenvalue weighted by atomic mass is 16.6. The van der Waals surface area contributed by atoms with E-state index in [1.54, 1.807) is 0 Å². The van der Waals surface area contributed by atoms with Gasteiger partial charge in [0.1, 0.15) is 13.2 Å². The normalized spacial score (nSPS) is 18.8. The van der Waals surface area contributed by atoms with Crippen molar-refractivity contribution in [1.29, 1.82) is 0 Å². The molecule has 21 heavy (non-hydrogen) atoms. The molecule has 2 aliphatic rings. The van der Waals surface area contributed by atoms with Crippen LogP contribution in [0.4, 0.5) is 0 Å². The van der Waals surface area contributed by atoms with E-state index in [4.69, 9.17) is 9.47 Å². The standard InChI is InChI=1S/C17H26N2O2/c1-3-18-15(12-19(4-2)14-6-7-14)13-5-8-16-17(11-13)21-10-9-20-16/h5,8,11,14-15,18H,3-4,6-7,9-10,12H2,1-2H3. The number of benzene rings is 1. The lowest BCUT2D eigenvalue weighted by atomic mass is 10.0. The van der Waals surface area contributed by atoms with Crippen LogP contribution >= 0.6 is 0 Å². The summed E-state index contributed by atoms with van der Waals surface area (Å²) in [7, 11) is 0. The van der Waals surface area contributed by atoms with Crippen LogP contribution in [0.2, 0.25) is 0 Å². The lowest BCUT2D eigenvalue weighted by Crippen LogP contribution is -2.36. The number of likely N-dealkylation sites (N-methyl/N-ethyl adjacent to an activating group) is 2. The maximum Gasteiger partial charge on any atom is 0.161 e. The lowest BCUT2D eigenvalue weighted by Gasteiger charge is -2.28. The first-order valence-electron chi connectivity index (χ1n) is 8.18. The molecule has 116 valence electrons. The molecular weight excluding hydrogens is 264 g/mol. The first kappa shape index (κ1) is 14.7. The van der Waals surface area contributed by atoms with E-state index in [2.05, 4.69) is 36.2 Å². The first-order chi connectivity index (χ1) is 10.3. The largest absolute Gasteiger partial charge is 0.486 e. The summed E-state index contributed by atoms with van der Waals surface area (Å²) in [6.07, 6.45) is 2.71. The van der Waals surface area contributed by atoms with Gasteiger partial charge in [-0.15, -0.1) is 0 Å². The van der Waals surface area contributed by atoms with Crippen LogP contribution in [-0.2, 0) is 0 Å². The van der Waals surface area contributed by atoms with E-state index in [9.17, 15) is 0 Å². The molecular formula is C17H26N2O2. The fourth-order valence-corrected chi connectivity index (χ4v) is 3.02. The minimum atomic E-state index is 0.353. The fraction of sp³-hybridized carbons (Fsp3) is 0.647. The predicted molar refractivity (Wildman–Crippen MR) is 84.1 cm³/mol. The van der Waals surface area contributed by atoms with E-state index in [1.165, 1.54) is 18.4 Å². The first-order valence-corrected chi connectivity index (χ1v) is 8.18. The number of nitrogens with zero attached hydrogens (tertiary/aromatic N) is 1. The van der Waals surface area contributed by atoms with Crippen molar-refractivity contribution in [2.75, 3.05) is 32.8 Å². The maximum atomic E-state index is 5.72. The maximum absolute atomic E-state index is 5.72. The van der Waals surface area contributed by atoms with Gasteiger partial charge < -0.3 is 14.8 Å². The Hall–Kier alpha value is -1.26. The highest BCUT2D eigenvalue weighted by Gasteiger charge is 2.29. The summed E-state index contributed by atoms with van der Waals surface area (Å²) < 4.78 is 11.3. The van der Waals surface area contributed by atoms with Gasteiger partial charge in [-0.05, 0) is 43.6 Å². The third-order valence-corrected chi connectivity index (χ3v) is 4.31. The Morgan fingerprint density at radius 1 is 1.19 bits per heavy atom. The van der Waals surface area contributed by atoms with Crippen LogP contribution in [0, 0.1) is 0 Å². The number of fused-ring (bicyclic) bond motifs is 1. The summed E-state index contributed by atoms with van der Waals surface area (Å²) in [5.74, 6) is 1.76. The molecule has 1 saturated carbocycles. The number of rotatable bonds is 7. The second kappa shape index (κ2) is 6.67. The monoisotopic (exact) mass is 290 g/mol. The Kier molecular flexibility index (Phi) is 4.66. The minimum absolute atomic E-state index is 0.353. The van der Waals surface area contributed by atoms with Crippen LogP contribution in [0.15, 0.2) is 18.2 Å². The van der Waals surface area contributed by atoms with E-state index in [0.717, 1.165) is 37.2 Å². The van der Waals surface area contributed by atoms with Gasteiger partial charge in [0.2, 0.25) is 0 Å². The molecule has 0 aromatic heterocycles. The SMILES string of the molecule is CCNC(CN(CC)C1CC1)c1ccc2c(c1)OCCO2. The molecule has 1 fully saturated rings. The van der Waals surface area contributed by atoms with Crippen LogP contribution in [0.1, 0.15) is 38.3 Å². The highest BCUT2D eigenvalue weighted by molar-refractivity contribution is 5.44. The van der Waals surface area contributed by atoms with E-state index >= 15 is 0 Å². The smallest absolute Gasteiger partial charge is 0.161 e. The Morgan fingerprint density at radius 3 is 2.62 bits per heavy atom. The Balaban J connectivity index is 1.76. The van der Waals surface area contributed by atoms with Crippen molar-refractivity contribution < 1.29 is 9.47 Å². The number of hydrogen-bond acceptors (Lipinski definition) is 4. The van der Waals surface area contributed by atoms with Crippen molar-refractivity contribution >= 4 is 0 Å². The zero-order chi connectivity index (χ0) is 14.7. The molecule has 1 aliphatic heterocycles. The van der Waals surface area contributed by atoms with Crippen LogP contribution < -0.4 is 14.8 Å². The molecule has 1 unspecified atom stereocenters. The van der Waals surface area contributed by atoms with Gasteiger partial charge in [0.25, 0.3) is 0 Å². The van der Waals surface area contributed by atoms with E-state index in [1.807, 2.05) is 6.07 Å². The van der Waals surface area contributed by atoms with Crippen molar-refractivity contribution in [3.05, 3.63) is 23.8 Å². The van der Waals surface area contributed by atoms with E-state index < -0.39 is 0 Å². The predicted octanol–water partition coefficient (Wildman–Crippen LogP) is 2.59. The van der Waals surface area contributed by atoms with Crippen LogP contribution in [0.5, 0.6) is 11.5 Å². The quantitative estimate of drug-likeness (QED) is 0.837. The lowest BCUT2D eigenvalue weighted by molar-refractivity contribution is 0.171. The highest BCUT2D eigenvalue weighted by Crippen LogP contribution is 2.34. The third-order valence-electron chi connectivity index (χ3n) is 4.31. The molecule has 3 rings (SSSR count).